The minimum absolute atomic E-state index is 0.127. The summed E-state index contributed by atoms with van der Waals surface area (Å²) in [5.74, 6) is -0.127. The molecule has 20 heavy (non-hydrogen) atoms. The number of carbonyl (C=O) groups excluding carboxylic acids is 1. The summed E-state index contributed by atoms with van der Waals surface area (Å²) in [7, 11) is 1.78. The lowest BCUT2D eigenvalue weighted by Crippen LogP contribution is -2.26. The Morgan fingerprint density at radius 3 is 3.00 bits per heavy atom. The van der Waals surface area contributed by atoms with Crippen LogP contribution in [0.3, 0.4) is 0 Å². The Kier molecular flexibility index (Phi) is 5.01. The van der Waals surface area contributed by atoms with Crippen LogP contribution in [0.15, 0.2) is 36.7 Å². The number of anilines is 1. The van der Waals surface area contributed by atoms with E-state index in [-0.39, 0.29) is 5.91 Å². The van der Waals surface area contributed by atoms with Crippen molar-refractivity contribution in [3.05, 3.63) is 47.2 Å². The van der Waals surface area contributed by atoms with Crippen LogP contribution < -0.4 is 10.6 Å². The van der Waals surface area contributed by atoms with Crippen molar-refractivity contribution in [2.75, 3.05) is 18.9 Å². The number of hydrogen-bond donors (Lipinski definition) is 2. The van der Waals surface area contributed by atoms with E-state index < -0.39 is 0 Å². The molecule has 2 N–H and O–H groups in total. The Labute approximate surface area is 122 Å². The van der Waals surface area contributed by atoms with E-state index in [1.165, 1.54) is 0 Å². The lowest BCUT2D eigenvalue weighted by molar-refractivity contribution is 0.0953. The van der Waals surface area contributed by atoms with E-state index in [1.807, 2.05) is 16.9 Å². The topological polar surface area (TPSA) is 59.0 Å². The number of benzene rings is 1. The molecule has 0 saturated carbocycles. The molecule has 0 aliphatic heterocycles. The van der Waals surface area contributed by atoms with Crippen molar-refractivity contribution in [3.8, 4) is 0 Å². The van der Waals surface area contributed by atoms with Gasteiger partial charge in [-0.2, -0.15) is 5.10 Å². The van der Waals surface area contributed by atoms with E-state index in [0.29, 0.717) is 17.1 Å². The Morgan fingerprint density at radius 1 is 1.45 bits per heavy atom. The number of nitrogens with zero attached hydrogens (tertiary/aromatic N) is 2. The standard InChI is InChI=1S/C14H17ClN4O/c1-16-13-5-4-11(15)10-12(13)14(20)17-6-2-8-19-9-3-7-18-19/h3-5,7,9-10,16H,2,6,8H2,1H3,(H,17,20). The molecule has 0 saturated heterocycles. The number of carbonyl (C=O) groups is 1. The Morgan fingerprint density at radius 2 is 2.30 bits per heavy atom. The molecule has 0 fully saturated rings. The summed E-state index contributed by atoms with van der Waals surface area (Å²) >= 11 is 5.93. The van der Waals surface area contributed by atoms with E-state index in [9.17, 15) is 4.79 Å². The molecule has 6 heteroatoms. The highest BCUT2D eigenvalue weighted by molar-refractivity contribution is 6.31. The first-order valence-electron chi connectivity index (χ1n) is 6.43. The summed E-state index contributed by atoms with van der Waals surface area (Å²) in [6, 6.07) is 7.09. The largest absolute Gasteiger partial charge is 0.387 e. The van der Waals surface area contributed by atoms with Gasteiger partial charge in [-0.15, -0.1) is 0 Å². The average Bonchev–Trinajstić information content (AvgIpc) is 2.96. The number of hydrogen-bond acceptors (Lipinski definition) is 3. The van der Waals surface area contributed by atoms with Gasteiger partial charge in [-0.25, -0.2) is 0 Å². The van der Waals surface area contributed by atoms with Crippen LogP contribution in [0.2, 0.25) is 5.02 Å². The molecular formula is C14H17ClN4O. The van der Waals surface area contributed by atoms with E-state index in [1.54, 1.807) is 31.4 Å². The maximum atomic E-state index is 12.1. The maximum absolute atomic E-state index is 12.1. The lowest BCUT2D eigenvalue weighted by atomic mass is 10.1. The van der Waals surface area contributed by atoms with Gasteiger partial charge in [-0.1, -0.05) is 11.6 Å². The quantitative estimate of drug-likeness (QED) is 0.804. The fourth-order valence-corrected chi connectivity index (χ4v) is 2.07. The van der Waals surface area contributed by atoms with Crippen LogP contribution in [0.5, 0.6) is 0 Å². The van der Waals surface area contributed by atoms with Gasteiger partial charge in [0.15, 0.2) is 0 Å². The summed E-state index contributed by atoms with van der Waals surface area (Å²) in [6.07, 6.45) is 4.46. The van der Waals surface area contributed by atoms with Crippen molar-refractivity contribution in [1.29, 1.82) is 0 Å². The highest BCUT2D eigenvalue weighted by Gasteiger charge is 2.10. The second-order valence-corrected chi connectivity index (χ2v) is 4.75. The van der Waals surface area contributed by atoms with Crippen molar-refractivity contribution >= 4 is 23.2 Å². The number of nitrogens with one attached hydrogen (secondary N) is 2. The minimum Gasteiger partial charge on any atom is -0.387 e. The first-order valence-corrected chi connectivity index (χ1v) is 6.81. The second kappa shape index (κ2) is 6.96. The molecule has 0 bridgehead atoms. The van der Waals surface area contributed by atoms with Gasteiger partial charge in [0.2, 0.25) is 0 Å². The third-order valence-electron chi connectivity index (χ3n) is 2.90. The summed E-state index contributed by atoms with van der Waals surface area (Å²) in [4.78, 5) is 12.1. The molecule has 0 spiro atoms. The molecule has 2 aromatic rings. The summed E-state index contributed by atoms with van der Waals surface area (Å²) < 4.78 is 1.84. The zero-order valence-electron chi connectivity index (χ0n) is 11.3. The van der Waals surface area contributed by atoms with Gasteiger partial charge in [0.25, 0.3) is 5.91 Å². The lowest BCUT2D eigenvalue weighted by Gasteiger charge is -2.10. The molecule has 2 rings (SSSR count). The number of halogens is 1. The zero-order chi connectivity index (χ0) is 14.4. The SMILES string of the molecule is CNc1ccc(Cl)cc1C(=O)NCCCn1cccn1. The highest BCUT2D eigenvalue weighted by Crippen LogP contribution is 2.20. The van der Waals surface area contributed by atoms with E-state index in [4.69, 9.17) is 11.6 Å². The van der Waals surface area contributed by atoms with Crippen molar-refractivity contribution in [1.82, 2.24) is 15.1 Å². The van der Waals surface area contributed by atoms with Crippen molar-refractivity contribution in [3.63, 3.8) is 0 Å². The van der Waals surface area contributed by atoms with Crippen molar-refractivity contribution in [2.24, 2.45) is 0 Å². The van der Waals surface area contributed by atoms with Gasteiger partial charge in [0.05, 0.1) is 5.56 Å². The van der Waals surface area contributed by atoms with Crippen LogP contribution in [0, 0.1) is 0 Å². The van der Waals surface area contributed by atoms with Gasteiger partial charge in [-0.3, -0.25) is 9.48 Å². The summed E-state index contributed by atoms with van der Waals surface area (Å²) in [5.41, 5.74) is 1.32. The molecule has 0 aliphatic carbocycles. The van der Waals surface area contributed by atoms with Crippen molar-refractivity contribution in [2.45, 2.75) is 13.0 Å². The Bertz CT molecular complexity index is 569. The molecular weight excluding hydrogens is 276 g/mol. The molecule has 0 radical (unpaired) electrons. The predicted octanol–water partition coefficient (Wildman–Crippen LogP) is 2.40. The number of aromatic nitrogens is 2. The van der Waals surface area contributed by atoms with Gasteiger partial charge in [0.1, 0.15) is 0 Å². The summed E-state index contributed by atoms with van der Waals surface area (Å²) in [5, 5.41) is 10.5. The zero-order valence-corrected chi connectivity index (χ0v) is 12.0. The summed E-state index contributed by atoms with van der Waals surface area (Å²) in [6.45, 7) is 1.37. The Hall–Kier alpha value is -2.01. The number of amides is 1. The van der Waals surface area contributed by atoms with Crippen LogP contribution in [-0.2, 0) is 6.54 Å². The van der Waals surface area contributed by atoms with Gasteiger partial charge < -0.3 is 10.6 Å². The van der Waals surface area contributed by atoms with E-state index >= 15 is 0 Å². The smallest absolute Gasteiger partial charge is 0.253 e. The first-order chi connectivity index (χ1) is 9.70. The molecule has 0 aliphatic rings. The highest BCUT2D eigenvalue weighted by atomic mass is 35.5. The monoisotopic (exact) mass is 292 g/mol. The Balaban J connectivity index is 1.87. The van der Waals surface area contributed by atoms with Crippen LogP contribution in [0.25, 0.3) is 0 Å². The van der Waals surface area contributed by atoms with Crippen LogP contribution in [-0.4, -0.2) is 29.3 Å². The normalized spacial score (nSPS) is 10.3. The number of rotatable bonds is 6. The van der Waals surface area contributed by atoms with E-state index in [0.717, 1.165) is 18.7 Å². The molecule has 5 nitrogen and oxygen atoms in total. The molecule has 0 atom stereocenters. The van der Waals surface area contributed by atoms with Crippen LogP contribution in [0.1, 0.15) is 16.8 Å². The van der Waals surface area contributed by atoms with Crippen molar-refractivity contribution < 1.29 is 4.79 Å². The van der Waals surface area contributed by atoms with Gasteiger partial charge in [-0.05, 0) is 30.7 Å². The predicted molar refractivity (Wildman–Crippen MR) is 80.2 cm³/mol. The third kappa shape index (κ3) is 3.74. The molecule has 1 aromatic carbocycles. The van der Waals surface area contributed by atoms with E-state index in [2.05, 4.69) is 15.7 Å². The molecule has 1 amide bonds. The van der Waals surface area contributed by atoms with Crippen LogP contribution >= 0.6 is 11.6 Å². The van der Waals surface area contributed by atoms with Crippen LogP contribution in [0.4, 0.5) is 5.69 Å². The molecule has 0 unspecified atom stereocenters. The average molecular weight is 293 g/mol. The number of aryl methyl sites for hydroxylation is 1. The maximum Gasteiger partial charge on any atom is 0.253 e. The van der Waals surface area contributed by atoms with Gasteiger partial charge in [0, 0.05) is 43.2 Å². The first kappa shape index (κ1) is 14.4. The molecule has 1 aromatic heterocycles. The molecule has 106 valence electrons. The minimum atomic E-state index is -0.127. The fraction of sp³-hybridized carbons (Fsp3) is 0.286. The third-order valence-corrected chi connectivity index (χ3v) is 3.14. The van der Waals surface area contributed by atoms with Gasteiger partial charge >= 0.3 is 0 Å². The second-order valence-electron chi connectivity index (χ2n) is 4.32. The molecule has 1 heterocycles. The fourth-order valence-electron chi connectivity index (χ4n) is 1.89.